The molecule has 0 saturated heterocycles. The van der Waals surface area contributed by atoms with Crippen molar-refractivity contribution in [3.05, 3.63) is 51.7 Å². The van der Waals surface area contributed by atoms with Crippen LogP contribution in [0.1, 0.15) is 22.1 Å². The second-order valence-corrected chi connectivity index (χ2v) is 4.67. The van der Waals surface area contributed by atoms with E-state index in [1.807, 2.05) is 0 Å². The van der Waals surface area contributed by atoms with Gasteiger partial charge >= 0.3 is 0 Å². The Morgan fingerprint density at radius 2 is 2.31 bits per heavy atom. The molecule has 0 fully saturated rings. The van der Waals surface area contributed by atoms with Crippen molar-refractivity contribution in [1.29, 1.82) is 0 Å². The number of halogens is 1. The molecule has 1 heterocycles. The molecular weight excluding hydrogens is 225 g/mol. The van der Waals surface area contributed by atoms with Crippen LogP contribution in [-0.4, -0.2) is 10.1 Å². The lowest BCUT2D eigenvalue weighted by Gasteiger charge is -2.10. The van der Waals surface area contributed by atoms with E-state index < -0.39 is 6.10 Å². The standard InChI is InChI=1S/C12H12FNOS/c1-8-2-3-9(4-11(8)13)12(15)5-10-6-14-7-16-10/h2-4,6-7,12,15H,5H2,1H3. The van der Waals surface area contributed by atoms with E-state index in [9.17, 15) is 9.50 Å². The Hall–Kier alpha value is -1.26. The number of aliphatic hydroxyl groups is 1. The van der Waals surface area contributed by atoms with Crippen LogP contribution in [0.3, 0.4) is 0 Å². The number of aliphatic hydroxyl groups excluding tert-OH is 1. The van der Waals surface area contributed by atoms with E-state index in [1.165, 1.54) is 17.4 Å². The minimum absolute atomic E-state index is 0.277. The maximum atomic E-state index is 13.3. The normalized spacial score (nSPS) is 12.7. The Morgan fingerprint density at radius 3 is 2.94 bits per heavy atom. The molecule has 0 spiro atoms. The van der Waals surface area contributed by atoms with E-state index in [0.29, 0.717) is 17.5 Å². The monoisotopic (exact) mass is 237 g/mol. The topological polar surface area (TPSA) is 33.1 Å². The molecule has 4 heteroatoms. The molecule has 0 amide bonds. The van der Waals surface area contributed by atoms with Crippen LogP contribution in [0.4, 0.5) is 4.39 Å². The minimum Gasteiger partial charge on any atom is -0.388 e. The average Bonchev–Trinajstić information content (AvgIpc) is 2.74. The highest BCUT2D eigenvalue weighted by Crippen LogP contribution is 2.21. The maximum Gasteiger partial charge on any atom is 0.126 e. The van der Waals surface area contributed by atoms with Crippen molar-refractivity contribution in [2.45, 2.75) is 19.4 Å². The summed E-state index contributed by atoms with van der Waals surface area (Å²) in [7, 11) is 0. The summed E-state index contributed by atoms with van der Waals surface area (Å²) in [6.07, 6.45) is 1.53. The third kappa shape index (κ3) is 2.46. The number of aryl methyl sites for hydroxylation is 1. The van der Waals surface area contributed by atoms with E-state index in [4.69, 9.17) is 0 Å². The fourth-order valence-corrected chi connectivity index (χ4v) is 2.10. The smallest absolute Gasteiger partial charge is 0.126 e. The summed E-state index contributed by atoms with van der Waals surface area (Å²) in [6, 6.07) is 4.83. The van der Waals surface area contributed by atoms with Gasteiger partial charge in [0, 0.05) is 17.5 Å². The Labute approximate surface area is 97.4 Å². The molecule has 0 aliphatic rings. The second kappa shape index (κ2) is 4.72. The third-order valence-corrected chi connectivity index (χ3v) is 3.26. The molecular formula is C12H12FNOS. The molecule has 0 bridgehead atoms. The molecule has 84 valence electrons. The summed E-state index contributed by atoms with van der Waals surface area (Å²) >= 11 is 1.49. The Kier molecular flexibility index (Phi) is 3.31. The van der Waals surface area contributed by atoms with Crippen molar-refractivity contribution in [1.82, 2.24) is 4.98 Å². The number of hydrogen-bond acceptors (Lipinski definition) is 3. The minimum atomic E-state index is -0.671. The van der Waals surface area contributed by atoms with Gasteiger partial charge in [-0.2, -0.15) is 0 Å². The molecule has 1 aromatic heterocycles. The fraction of sp³-hybridized carbons (Fsp3) is 0.250. The van der Waals surface area contributed by atoms with Crippen LogP contribution in [0.25, 0.3) is 0 Å². The van der Waals surface area contributed by atoms with Gasteiger partial charge in [0.1, 0.15) is 5.82 Å². The van der Waals surface area contributed by atoms with Crippen molar-refractivity contribution in [3.8, 4) is 0 Å². The number of hydrogen-bond donors (Lipinski definition) is 1. The van der Waals surface area contributed by atoms with E-state index in [1.54, 1.807) is 30.8 Å². The van der Waals surface area contributed by atoms with Gasteiger partial charge in [0.05, 0.1) is 11.6 Å². The second-order valence-electron chi connectivity index (χ2n) is 3.70. The Morgan fingerprint density at radius 1 is 1.50 bits per heavy atom. The van der Waals surface area contributed by atoms with E-state index in [0.717, 1.165) is 4.88 Å². The number of aromatic nitrogens is 1. The molecule has 1 aromatic carbocycles. The van der Waals surface area contributed by atoms with Crippen LogP contribution in [0.15, 0.2) is 29.9 Å². The summed E-state index contributed by atoms with van der Waals surface area (Å²) in [5.41, 5.74) is 2.92. The lowest BCUT2D eigenvalue weighted by atomic mass is 10.0. The maximum absolute atomic E-state index is 13.3. The molecule has 0 aliphatic heterocycles. The first-order chi connectivity index (χ1) is 7.66. The van der Waals surface area contributed by atoms with Crippen LogP contribution in [0, 0.1) is 12.7 Å². The molecule has 2 nitrogen and oxygen atoms in total. The van der Waals surface area contributed by atoms with Gasteiger partial charge in [-0.3, -0.25) is 4.98 Å². The summed E-state index contributed by atoms with van der Waals surface area (Å²) < 4.78 is 13.3. The number of thiazole rings is 1. The van der Waals surface area contributed by atoms with Gasteiger partial charge in [-0.05, 0) is 24.1 Å². The van der Waals surface area contributed by atoms with E-state index in [-0.39, 0.29) is 5.82 Å². The largest absolute Gasteiger partial charge is 0.388 e. The van der Waals surface area contributed by atoms with Crippen LogP contribution in [0.5, 0.6) is 0 Å². The molecule has 0 aliphatic carbocycles. The predicted octanol–water partition coefficient (Wildman–Crippen LogP) is 2.87. The quantitative estimate of drug-likeness (QED) is 0.890. The van der Waals surface area contributed by atoms with Gasteiger partial charge in [-0.15, -0.1) is 11.3 Å². The molecule has 0 saturated carbocycles. The molecule has 2 aromatic rings. The van der Waals surface area contributed by atoms with Crippen molar-refractivity contribution < 1.29 is 9.50 Å². The zero-order valence-corrected chi connectivity index (χ0v) is 9.67. The highest BCUT2D eigenvalue weighted by atomic mass is 32.1. The summed E-state index contributed by atoms with van der Waals surface area (Å²) in [5, 5.41) is 9.92. The number of nitrogens with zero attached hydrogens (tertiary/aromatic N) is 1. The van der Waals surface area contributed by atoms with Crippen LogP contribution in [0.2, 0.25) is 0 Å². The van der Waals surface area contributed by atoms with Crippen molar-refractivity contribution in [2.24, 2.45) is 0 Å². The summed E-state index contributed by atoms with van der Waals surface area (Å²) in [6.45, 7) is 1.70. The average molecular weight is 237 g/mol. The van der Waals surface area contributed by atoms with Crippen molar-refractivity contribution >= 4 is 11.3 Å². The van der Waals surface area contributed by atoms with Gasteiger partial charge < -0.3 is 5.11 Å². The van der Waals surface area contributed by atoms with E-state index >= 15 is 0 Å². The first-order valence-electron chi connectivity index (χ1n) is 4.98. The van der Waals surface area contributed by atoms with Crippen molar-refractivity contribution in [2.75, 3.05) is 0 Å². The third-order valence-electron chi connectivity index (χ3n) is 2.46. The highest BCUT2D eigenvalue weighted by molar-refractivity contribution is 7.09. The Balaban J connectivity index is 2.14. The van der Waals surface area contributed by atoms with Crippen LogP contribution >= 0.6 is 11.3 Å². The van der Waals surface area contributed by atoms with Gasteiger partial charge in [0.2, 0.25) is 0 Å². The Bertz CT molecular complexity index is 470. The van der Waals surface area contributed by atoms with Crippen LogP contribution < -0.4 is 0 Å². The van der Waals surface area contributed by atoms with Crippen molar-refractivity contribution in [3.63, 3.8) is 0 Å². The zero-order valence-electron chi connectivity index (χ0n) is 8.85. The fourth-order valence-electron chi connectivity index (χ4n) is 1.47. The molecule has 1 atom stereocenters. The SMILES string of the molecule is Cc1ccc(C(O)Cc2cncs2)cc1F. The molecule has 0 radical (unpaired) electrons. The van der Waals surface area contributed by atoms with Gasteiger partial charge in [0.25, 0.3) is 0 Å². The first kappa shape index (κ1) is 11.2. The predicted molar refractivity (Wildman–Crippen MR) is 61.9 cm³/mol. The van der Waals surface area contributed by atoms with E-state index in [2.05, 4.69) is 4.98 Å². The van der Waals surface area contributed by atoms with Gasteiger partial charge in [-0.25, -0.2) is 4.39 Å². The molecule has 2 rings (SSSR count). The number of rotatable bonds is 3. The van der Waals surface area contributed by atoms with Gasteiger partial charge in [0.15, 0.2) is 0 Å². The summed E-state index contributed by atoms with van der Waals surface area (Å²) in [5.74, 6) is -0.277. The summed E-state index contributed by atoms with van der Waals surface area (Å²) in [4.78, 5) is 4.93. The molecule has 1 unspecified atom stereocenters. The first-order valence-corrected chi connectivity index (χ1v) is 5.86. The van der Waals surface area contributed by atoms with Gasteiger partial charge in [-0.1, -0.05) is 12.1 Å². The zero-order chi connectivity index (χ0) is 11.5. The highest BCUT2D eigenvalue weighted by Gasteiger charge is 2.11. The number of benzene rings is 1. The van der Waals surface area contributed by atoms with Crippen LogP contribution in [-0.2, 0) is 6.42 Å². The lowest BCUT2D eigenvalue weighted by molar-refractivity contribution is 0.179. The lowest BCUT2D eigenvalue weighted by Crippen LogP contribution is -2.01. The molecule has 16 heavy (non-hydrogen) atoms. The molecule has 1 N–H and O–H groups in total.